The third-order valence-corrected chi connectivity index (χ3v) is 3.47. The zero-order valence-electron chi connectivity index (χ0n) is 5.73. The molecule has 2 aliphatic rings. The SMILES string of the molecule is O=C(O)C1=CS[C@@H]2[C@@H](Cl)C(=O)N12. The summed E-state index contributed by atoms with van der Waals surface area (Å²) in [6.45, 7) is 0. The highest BCUT2D eigenvalue weighted by atomic mass is 35.5. The standard InChI is InChI=1S/C6H4ClNO3S/c7-3-4(9)8-2(6(10)11)1-12-5(3)8/h1,3,5H,(H,10,11)/t3-,5+/m0/s1. The summed E-state index contributed by atoms with van der Waals surface area (Å²) >= 11 is 6.90. The van der Waals surface area contributed by atoms with Gasteiger partial charge in [0.15, 0.2) is 0 Å². The molecule has 2 heterocycles. The Kier molecular flexibility index (Phi) is 1.59. The zero-order valence-corrected chi connectivity index (χ0v) is 7.30. The van der Waals surface area contributed by atoms with Crippen LogP contribution in [-0.2, 0) is 9.59 Å². The molecule has 0 spiro atoms. The summed E-state index contributed by atoms with van der Waals surface area (Å²) in [5, 5.41) is 9.30. The van der Waals surface area contributed by atoms with Gasteiger partial charge in [0.25, 0.3) is 0 Å². The molecule has 0 unspecified atom stereocenters. The Labute approximate surface area is 77.2 Å². The summed E-state index contributed by atoms with van der Waals surface area (Å²) < 4.78 is 0. The van der Waals surface area contributed by atoms with E-state index >= 15 is 0 Å². The number of hydrogen-bond acceptors (Lipinski definition) is 3. The predicted molar refractivity (Wildman–Crippen MR) is 43.6 cm³/mol. The molecule has 0 bridgehead atoms. The van der Waals surface area contributed by atoms with Crippen LogP contribution in [0.2, 0.25) is 0 Å². The van der Waals surface area contributed by atoms with Crippen molar-refractivity contribution in [3.63, 3.8) is 0 Å². The molecule has 1 fully saturated rings. The van der Waals surface area contributed by atoms with Crippen LogP contribution < -0.4 is 0 Å². The van der Waals surface area contributed by atoms with Gasteiger partial charge in [0.2, 0.25) is 5.91 Å². The Morgan fingerprint density at radius 3 is 3.00 bits per heavy atom. The Balaban J connectivity index is 2.23. The number of carboxylic acids is 1. The van der Waals surface area contributed by atoms with Crippen molar-refractivity contribution >= 4 is 35.2 Å². The maximum Gasteiger partial charge on any atom is 0.353 e. The van der Waals surface area contributed by atoms with Gasteiger partial charge >= 0.3 is 5.97 Å². The molecule has 2 aliphatic heterocycles. The van der Waals surface area contributed by atoms with Crippen molar-refractivity contribution in [2.24, 2.45) is 0 Å². The molecule has 2 rings (SSSR count). The summed E-state index contributed by atoms with van der Waals surface area (Å²) in [6, 6.07) is 0. The van der Waals surface area contributed by atoms with Gasteiger partial charge in [-0.25, -0.2) is 4.79 Å². The fraction of sp³-hybridized carbons (Fsp3) is 0.333. The van der Waals surface area contributed by atoms with E-state index in [4.69, 9.17) is 16.7 Å². The molecule has 0 radical (unpaired) electrons. The van der Waals surface area contributed by atoms with Crippen LogP contribution in [0.4, 0.5) is 0 Å². The van der Waals surface area contributed by atoms with Gasteiger partial charge in [0.1, 0.15) is 16.4 Å². The normalized spacial score (nSPS) is 32.6. The molecule has 0 aromatic carbocycles. The van der Waals surface area contributed by atoms with Crippen molar-refractivity contribution in [2.75, 3.05) is 0 Å². The molecule has 4 nitrogen and oxygen atoms in total. The van der Waals surface area contributed by atoms with Gasteiger partial charge in [0, 0.05) is 5.41 Å². The third kappa shape index (κ3) is 0.804. The summed E-state index contributed by atoms with van der Waals surface area (Å²) in [5.74, 6) is -1.40. The number of halogens is 1. The highest BCUT2D eigenvalue weighted by Gasteiger charge is 2.52. The molecule has 64 valence electrons. The lowest BCUT2D eigenvalue weighted by molar-refractivity contribution is -0.144. The van der Waals surface area contributed by atoms with Gasteiger partial charge < -0.3 is 5.11 Å². The van der Waals surface area contributed by atoms with Crippen molar-refractivity contribution in [1.29, 1.82) is 0 Å². The van der Waals surface area contributed by atoms with E-state index in [1.807, 2.05) is 0 Å². The summed E-state index contributed by atoms with van der Waals surface area (Å²) in [7, 11) is 0. The number of rotatable bonds is 1. The van der Waals surface area contributed by atoms with Crippen LogP contribution in [0.1, 0.15) is 0 Å². The van der Waals surface area contributed by atoms with E-state index in [0.717, 1.165) is 0 Å². The van der Waals surface area contributed by atoms with Crippen LogP contribution in [0.5, 0.6) is 0 Å². The average molecular weight is 206 g/mol. The molecule has 2 atom stereocenters. The second kappa shape index (κ2) is 2.40. The van der Waals surface area contributed by atoms with Crippen LogP contribution in [0.25, 0.3) is 0 Å². The summed E-state index contributed by atoms with van der Waals surface area (Å²) in [5.41, 5.74) is 0.0342. The summed E-state index contributed by atoms with van der Waals surface area (Å²) in [6.07, 6.45) is 0. The van der Waals surface area contributed by atoms with E-state index < -0.39 is 11.3 Å². The van der Waals surface area contributed by atoms with Crippen molar-refractivity contribution in [3.8, 4) is 0 Å². The number of carboxylic acid groups (broad SMARTS) is 1. The van der Waals surface area contributed by atoms with Gasteiger partial charge in [-0.2, -0.15) is 0 Å². The van der Waals surface area contributed by atoms with Gasteiger partial charge in [-0.05, 0) is 0 Å². The topological polar surface area (TPSA) is 57.6 Å². The molecule has 1 N–H and O–H groups in total. The van der Waals surface area contributed by atoms with E-state index in [2.05, 4.69) is 0 Å². The molecule has 0 saturated carbocycles. The third-order valence-electron chi connectivity index (χ3n) is 1.78. The van der Waals surface area contributed by atoms with Gasteiger partial charge in [-0.15, -0.1) is 23.4 Å². The van der Waals surface area contributed by atoms with E-state index in [-0.39, 0.29) is 17.0 Å². The molecule has 1 saturated heterocycles. The smallest absolute Gasteiger partial charge is 0.353 e. The van der Waals surface area contributed by atoms with E-state index in [1.54, 1.807) is 0 Å². The second-order valence-corrected chi connectivity index (χ2v) is 3.91. The van der Waals surface area contributed by atoms with Crippen LogP contribution in [0.15, 0.2) is 11.1 Å². The molecule has 0 aliphatic carbocycles. The maximum absolute atomic E-state index is 11.0. The highest BCUT2D eigenvalue weighted by molar-refractivity contribution is 8.03. The maximum atomic E-state index is 11.0. The van der Waals surface area contributed by atoms with Gasteiger partial charge in [0.05, 0.1) is 0 Å². The number of alkyl halides is 1. The van der Waals surface area contributed by atoms with Crippen molar-refractivity contribution in [1.82, 2.24) is 4.90 Å². The van der Waals surface area contributed by atoms with Crippen LogP contribution in [0, 0.1) is 0 Å². The number of carbonyl (C=O) groups excluding carboxylic acids is 1. The van der Waals surface area contributed by atoms with Gasteiger partial charge in [-0.1, -0.05) is 0 Å². The Hall–Kier alpha value is -0.680. The monoisotopic (exact) mass is 205 g/mol. The Morgan fingerprint density at radius 2 is 2.42 bits per heavy atom. The molecular weight excluding hydrogens is 202 g/mol. The number of nitrogens with zero attached hydrogens (tertiary/aromatic N) is 1. The predicted octanol–water partition coefficient (Wildman–Crippen LogP) is 0.435. The zero-order chi connectivity index (χ0) is 8.88. The van der Waals surface area contributed by atoms with Gasteiger partial charge in [-0.3, -0.25) is 9.69 Å². The first-order valence-corrected chi connectivity index (χ1v) is 4.57. The lowest BCUT2D eigenvalue weighted by Gasteiger charge is -2.38. The number of β-lactam (4-membered cyclic amide) rings is 1. The minimum atomic E-state index is -1.08. The largest absolute Gasteiger partial charge is 0.477 e. The molecule has 12 heavy (non-hydrogen) atoms. The van der Waals surface area contributed by atoms with Crippen LogP contribution >= 0.6 is 23.4 Å². The fourth-order valence-corrected chi connectivity index (χ4v) is 2.63. The first kappa shape index (κ1) is 7.94. The molecule has 0 aromatic heterocycles. The van der Waals surface area contributed by atoms with E-state index in [1.165, 1.54) is 22.1 Å². The number of aliphatic carboxylic acids is 1. The highest BCUT2D eigenvalue weighted by Crippen LogP contribution is 2.43. The minimum absolute atomic E-state index is 0.0342. The van der Waals surface area contributed by atoms with E-state index in [0.29, 0.717) is 0 Å². The van der Waals surface area contributed by atoms with Crippen LogP contribution in [0.3, 0.4) is 0 Å². The molecule has 0 aromatic rings. The average Bonchev–Trinajstić information content (AvgIpc) is 2.43. The number of hydrogen-bond donors (Lipinski definition) is 1. The number of carbonyl (C=O) groups is 2. The number of amides is 1. The summed E-state index contributed by atoms with van der Waals surface area (Å²) in [4.78, 5) is 22.8. The van der Waals surface area contributed by atoms with Crippen LogP contribution in [-0.4, -0.2) is 32.6 Å². The first-order valence-electron chi connectivity index (χ1n) is 3.19. The van der Waals surface area contributed by atoms with E-state index in [9.17, 15) is 9.59 Å². The number of fused-ring (bicyclic) bond motifs is 1. The molecular formula is C6H4ClNO3S. The quantitative estimate of drug-likeness (QED) is 0.499. The fourth-order valence-electron chi connectivity index (χ4n) is 1.16. The first-order chi connectivity index (χ1) is 5.63. The molecule has 1 amide bonds. The second-order valence-electron chi connectivity index (χ2n) is 2.44. The Bertz CT molecular complexity index is 303. The lowest BCUT2D eigenvalue weighted by atomic mass is 10.2. The van der Waals surface area contributed by atoms with Crippen molar-refractivity contribution < 1.29 is 14.7 Å². The lowest BCUT2D eigenvalue weighted by Crippen LogP contribution is -2.58. The molecule has 6 heteroatoms. The Morgan fingerprint density at radius 1 is 1.75 bits per heavy atom. The number of thioether (sulfide) groups is 1. The minimum Gasteiger partial charge on any atom is -0.477 e. The van der Waals surface area contributed by atoms with Crippen molar-refractivity contribution in [2.45, 2.75) is 10.8 Å². The van der Waals surface area contributed by atoms with Crippen molar-refractivity contribution in [3.05, 3.63) is 11.1 Å².